The summed E-state index contributed by atoms with van der Waals surface area (Å²) in [4.78, 5) is 120. The van der Waals surface area contributed by atoms with E-state index in [0.717, 1.165) is 0 Å². The van der Waals surface area contributed by atoms with Gasteiger partial charge in [-0.3, -0.25) is 47.9 Å². The van der Waals surface area contributed by atoms with Gasteiger partial charge in [-0.1, -0.05) is 25.7 Å². The van der Waals surface area contributed by atoms with Gasteiger partial charge in [0.05, 0.1) is 51.6 Å². The molecule has 0 rings (SSSR count). The topological polar surface area (TPSA) is 291 Å². The molecule has 4 unspecified atom stereocenters. The third-order valence-corrected chi connectivity index (χ3v) is 8.95. The largest absolute Gasteiger partial charge is 0.457 e. The minimum atomic E-state index is -1.13. The highest BCUT2D eigenvalue weighted by molar-refractivity contribution is 6.04. The Bertz CT molecular complexity index is 1290. The van der Waals surface area contributed by atoms with Crippen molar-refractivity contribution in [1.82, 2.24) is 21.3 Å². The van der Waals surface area contributed by atoms with Gasteiger partial charge in [0, 0.05) is 39.8 Å². The standard InChI is InChI=1S/C40H67N5O15/c1-27(34(49)14-10-6-8-12-32(29(3)46)44-37(52)25-58-22-20-56-18-16-42-30(4)47)36(51)24-60-40(55)28(2)35(50)15-11-7-9-13-33(39(41)54)45-38(53)26-59-23-21-57-19-17-43-31(5)48/h27-28,32-33H,6-26H2,1-5H3,(H2,41,54)(H,42,47)(H,43,48)(H,44,52)(H,45,53). The van der Waals surface area contributed by atoms with E-state index in [1.165, 1.54) is 34.6 Å². The molecule has 0 aromatic rings. The van der Waals surface area contributed by atoms with Gasteiger partial charge in [-0.2, -0.15) is 0 Å². The van der Waals surface area contributed by atoms with Crippen molar-refractivity contribution in [2.75, 3.05) is 72.6 Å². The van der Waals surface area contributed by atoms with E-state index < -0.39 is 65.8 Å². The fourth-order valence-electron chi connectivity index (χ4n) is 5.29. The number of amides is 5. The van der Waals surface area contributed by atoms with Gasteiger partial charge in [-0.05, 0) is 46.5 Å². The molecule has 0 radical (unpaired) electrons. The summed E-state index contributed by atoms with van der Waals surface area (Å²) < 4.78 is 26.0. The van der Waals surface area contributed by atoms with E-state index >= 15 is 0 Å². The number of ketones is 4. The van der Waals surface area contributed by atoms with Crippen molar-refractivity contribution in [3.8, 4) is 0 Å². The lowest BCUT2D eigenvalue weighted by Crippen LogP contribution is -2.45. The molecule has 0 saturated heterocycles. The van der Waals surface area contributed by atoms with Crippen molar-refractivity contribution >= 4 is 58.6 Å². The van der Waals surface area contributed by atoms with Crippen LogP contribution in [0.15, 0.2) is 0 Å². The summed E-state index contributed by atoms with van der Waals surface area (Å²) in [5.74, 6) is -6.63. The average molecular weight is 858 g/mol. The summed E-state index contributed by atoms with van der Waals surface area (Å²) in [7, 11) is 0. The Labute approximate surface area is 352 Å². The average Bonchev–Trinajstić information content (AvgIpc) is 3.19. The highest BCUT2D eigenvalue weighted by atomic mass is 16.5. The number of carbonyl (C=O) groups excluding carboxylic acids is 10. The van der Waals surface area contributed by atoms with Crippen LogP contribution in [0.1, 0.15) is 98.8 Å². The van der Waals surface area contributed by atoms with Crippen molar-refractivity contribution in [3.05, 3.63) is 0 Å². The van der Waals surface area contributed by atoms with Crippen molar-refractivity contribution in [2.45, 2.75) is 111 Å². The molecule has 0 aliphatic heterocycles. The quantitative estimate of drug-likeness (QED) is 0.0305. The van der Waals surface area contributed by atoms with E-state index in [1.54, 1.807) is 0 Å². The zero-order valence-electron chi connectivity index (χ0n) is 35.9. The molecule has 0 aromatic carbocycles. The Morgan fingerprint density at radius 2 is 0.933 bits per heavy atom. The van der Waals surface area contributed by atoms with Crippen molar-refractivity contribution in [1.29, 1.82) is 0 Å². The van der Waals surface area contributed by atoms with Crippen molar-refractivity contribution in [2.24, 2.45) is 17.6 Å². The van der Waals surface area contributed by atoms with Crippen LogP contribution in [0.3, 0.4) is 0 Å². The number of rotatable bonds is 38. The van der Waals surface area contributed by atoms with E-state index in [1.807, 2.05) is 0 Å². The Kier molecular flexibility index (Phi) is 31.4. The highest BCUT2D eigenvalue weighted by Gasteiger charge is 2.27. The van der Waals surface area contributed by atoms with Gasteiger partial charge in [-0.15, -0.1) is 0 Å². The Hall–Kier alpha value is -4.66. The monoisotopic (exact) mass is 857 g/mol. The molecule has 5 amide bonds. The summed E-state index contributed by atoms with van der Waals surface area (Å²) >= 11 is 0. The lowest BCUT2D eigenvalue weighted by atomic mass is 9.96. The van der Waals surface area contributed by atoms with Crippen LogP contribution in [0.25, 0.3) is 0 Å². The minimum Gasteiger partial charge on any atom is -0.457 e. The molecule has 20 nitrogen and oxygen atoms in total. The zero-order valence-corrected chi connectivity index (χ0v) is 35.9. The fourth-order valence-corrected chi connectivity index (χ4v) is 5.29. The lowest BCUT2D eigenvalue weighted by molar-refractivity contribution is -0.155. The summed E-state index contributed by atoms with van der Waals surface area (Å²) in [6.45, 7) is 7.81. The fraction of sp³-hybridized carbons (Fsp3) is 0.750. The predicted molar refractivity (Wildman–Crippen MR) is 215 cm³/mol. The summed E-state index contributed by atoms with van der Waals surface area (Å²) in [6, 6.07) is -1.64. The van der Waals surface area contributed by atoms with Crippen LogP contribution in [0.4, 0.5) is 0 Å². The van der Waals surface area contributed by atoms with Crippen LogP contribution in [0.5, 0.6) is 0 Å². The van der Waals surface area contributed by atoms with Gasteiger partial charge in [0.15, 0.2) is 18.2 Å². The van der Waals surface area contributed by atoms with Crippen LogP contribution >= 0.6 is 0 Å². The molecule has 20 heteroatoms. The molecule has 6 N–H and O–H groups in total. The first-order chi connectivity index (χ1) is 28.5. The number of carbonyl (C=O) groups is 10. The van der Waals surface area contributed by atoms with Crippen LogP contribution in [0.2, 0.25) is 0 Å². The number of hydrogen-bond donors (Lipinski definition) is 5. The maximum Gasteiger partial charge on any atom is 0.316 e. The van der Waals surface area contributed by atoms with Gasteiger partial charge in [0.2, 0.25) is 29.5 Å². The van der Waals surface area contributed by atoms with Crippen molar-refractivity contribution in [3.63, 3.8) is 0 Å². The molecule has 342 valence electrons. The number of nitrogens with one attached hydrogen (secondary N) is 4. The summed E-state index contributed by atoms with van der Waals surface area (Å²) in [5.41, 5.74) is 5.42. The van der Waals surface area contributed by atoms with Crippen molar-refractivity contribution < 1.29 is 71.6 Å². The molecule has 0 heterocycles. The van der Waals surface area contributed by atoms with E-state index in [0.29, 0.717) is 71.2 Å². The number of primary amides is 1. The van der Waals surface area contributed by atoms with Crippen LogP contribution < -0.4 is 27.0 Å². The number of Topliss-reactive ketones (excluding diaryl/α,β-unsaturated/α-hetero) is 4. The first-order valence-corrected chi connectivity index (χ1v) is 20.4. The van der Waals surface area contributed by atoms with Gasteiger partial charge >= 0.3 is 5.97 Å². The van der Waals surface area contributed by atoms with Gasteiger partial charge in [0.1, 0.15) is 36.7 Å². The molecule has 0 aliphatic rings. The van der Waals surface area contributed by atoms with Gasteiger partial charge < -0.3 is 50.7 Å². The van der Waals surface area contributed by atoms with E-state index in [2.05, 4.69) is 21.3 Å². The molecule has 0 aliphatic carbocycles. The van der Waals surface area contributed by atoms with Gasteiger partial charge in [0.25, 0.3) is 0 Å². The number of nitrogens with two attached hydrogens (primary N) is 1. The van der Waals surface area contributed by atoms with E-state index in [4.69, 9.17) is 29.4 Å². The van der Waals surface area contributed by atoms with E-state index in [9.17, 15) is 47.9 Å². The number of hydrogen-bond acceptors (Lipinski definition) is 15. The smallest absolute Gasteiger partial charge is 0.316 e. The second-order valence-corrected chi connectivity index (χ2v) is 14.2. The van der Waals surface area contributed by atoms with Crippen LogP contribution in [0, 0.1) is 11.8 Å². The second kappa shape index (κ2) is 34.1. The Morgan fingerprint density at radius 1 is 0.500 bits per heavy atom. The number of unbranched alkanes of at least 4 members (excludes halogenated alkanes) is 4. The van der Waals surface area contributed by atoms with E-state index in [-0.39, 0.29) is 82.3 Å². The van der Waals surface area contributed by atoms with Gasteiger partial charge in [-0.25, -0.2) is 0 Å². The molecule has 4 atom stereocenters. The Morgan fingerprint density at radius 3 is 1.38 bits per heavy atom. The molecule has 0 saturated carbocycles. The molecule has 0 bridgehead atoms. The Balaban J connectivity index is 4.28. The molecule has 0 spiro atoms. The molecule has 0 aromatic heterocycles. The van der Waals surface area contributed by atoms with Crippen LogP contribution in [-0.2, 0) is 71.6 Å². The number of esters is 1. The number of ether oxygens (including phenoxy) is 5. The first-order valence-electron chi connectivity index (χ1n) is 20.4. The lowest BCUT2D eigenvalue weighted by Gasteiger charge is -2.16. The molecule has 0 fully saturated rings. The molecular formula is C40H67N5O15. The maximum atomic E-state index is 12.6. The molecule has 60 heavy (non-hydrogen) atoms. The third-order valence-electron chi connectivity index (χ3n) is 8.95. The maximum absolute atomic E-state index is 12.6. The predicted octanol–water partition coefficient (Wildman–Crippen LogP) is -0.207. The summed E-state index contributed by atoms with van der Waals surface area (Å²) in [5, 5.41) is 10.3. The molecular weight excluding hydrogens is 790 g/mol. The zero-order chi connectivity index (χ0) is 45.3. The third kappa shape index (κ3) is 29.5. The SMILES string of the molecule is CC(=O)NCCOCCOCC(=O)NC(CCCCCC(=O)C(C)C(=O)COC(=O)C(C)C(=O)CCCCCC(NC(=O)COCCOCCNC(C)=O)C(N)=O)C(C)=O. The second-order valence-electron chi connectivity index (χ2n) is 14.2. The summed E-state index contributed by atoms with van der Waals surface area (Å²) in [6.07, 6.45) is 3.63. The highest BCUT2D eigenvalue weighted by Crippen LogP contribution is 2.14. The minimum absolute atomic E-state index is 0.0427. The normalized spacial score (nSPS) is 12.9. The first kappa shape index (κ1) is 55.3. The van der Waals surface area contributed by atoms with Crippen LogP contribution in [-0.4, -0.2) is 143 Å².